The summed E-state index contributed by atoms with van der Waals surface area (Å²) in [5.74, 6) is 0. The first-order valence-corrected chi connectivity index (χ1v) is 8.26. The van der Waals surface area contributed by atoms with E-state index >= 15 is 0 Å². The third kappa shape index (κ3) is 4.34. The average molecular weight is 300 g/mol. The van der Waals surface area contributed by atoms with Gasteiger partial charge in [0.25, 0.3) is 0 Å². The highest BCUT2D eigenvalue weighted by Crippen LogP contribution is 2.21. The van der Waals surface area contributed by atoms with E-state index in [0.717, 1.165) is 25.9 Å². The van der Waals surface area contributed by atoms with Crippen LogP contribution in [0.2, 0.25) is 0 Å². The Balaban J connectivity index is 1.46. The van der Waals surface area contributed by atoms with Gasteiger partial charge in [-0.1, -0.05) is 12.5 Å². The first kappa shape index (κ1) is 15.1. The maximum Gasteiger partial charge on any atom is 0.138 e. The predicted molar refractivity (Wildman–Crippen MR) is 84.2 cm³/mol. The molecular weight excluding hydrogens is 276 g/mol. The number of pyridine rings is 1. The maximum absolute atomic E-state index is 4.44. The standard InChI is InChI=1S/C16H24N6/c1-3-10-17-15(6-1)8-9-16-7-2-4-11-21(16)12-5-13-22-14-18-19-20-22/h1,3,6,10,14,16H,2,4-5,7-9,11-13H2/t16-/m0/s1. The van der Waals surface area contributed by atoms with E-state index in [-0.39, 0.29) is 0 Å². The van der Waals surface area contributed by atoms with Crippen LogP contribution in [0.25, 0.3) is 0 Å². The minimum absolute atomic E-state index is 0.699. The van der Waals surface area contributed by atoms with Crippen LogP contribution in [0.3, 0.4) is 0 Å². The van der Waals surface area contributed by atoms with Crippen molar-refractivity contribution >= 4 is 0 Å². The molecule has 2 aromatic rings. The molecule has 2 aromatic heterocycles. The van der Waals surface area contributed by atoms with Crippen LogP contribution < -0.4 is 0 Å². The molecule has 118 valence electrons. The molecule has 0 spiro atoms. The third-order valence-corrected chi connectivity index (χ3v) is 4.43. The van der Waals surface area contributed by atoms with Crippen molar-refractivity contribution < 1.29 is 0 Å². The number of tetrazole rings is 1. The summed E-state index contributed by atoms with van der Waals surface area (Å²) in [6.07, 6.45) is 11.0. The van der Waals surface area contributed by atoms with E-state index in [0.29, 0.717) is 6.04 Å². The molecule has 6 nitrogen and oxygen atoms in total. The zero-order chi connectivity index (χ0) is 15.0. The maximum atomic E-state index is 4.44. The summed E-state index contributed by atoms with van der Waals surface area (Å²) < 4.78 is 1.81. The molecular formula is C16H24N6. The lowest BCUT2D eigenvalue weighted by Gasteiger charge is -2.35. The van der Waals surface area contributed by atoms with Crippen LogP contribution >= 0.6 is 0 Å². The van der Waals surface area contributed by atoms with Gasteiger partial charge in [0.1, 0.15) is 6.33 Å². The lowest BCUT2D eigenvalue weighted by atomic mass is 9.97. The molecule has 1 saturated heterocycles. The monoisotopic (exact) mass is 300 g/mol. The van der Waals surface area contributed by atoms with Crippen molar-refractivity contribution in [2.24, 2.45) is 0 Å². The fraction of sp³-hybridized carbons (Fsp3) is 0.625. The first-order chi connectivity index (χ1) is 10.9. The van der Waals surface area contributed by atoms with E-state index < -0.39 is 0 Å². The molecule has 0 unspecified atom stereocenters. The smallest absolute Gasteiger partial charge is 0.138 e. The van der Waals surface area contributed by atoms with Crippen molar-refractivity contribution in [1.82, 2.24) is 30.1 Å². The van der Waals surface area contributed by atoms with E-state index in [1.54, 1.807) is 6.33 Å². The summed E-state index contributed by atoms with van der Waals surface area (Å²) in [5.41, 5.74) is 1.21. The summed E-state index contributed by atoms with van der Waals surface area (Å²) in [5, 5.41) is 11.3. The zero-order valence-electron chi connectivity index (χ0n) is 13.0. The molecule has 1 aliphatic rings. The van der Waals surface area contributed by atoms with Gasteiger partial charge >= 0.3 is 0 Å². The van der Waals surface area contributed by atoms with E-state index in [4.69, 9.17) is 0 Å². The van der Waals surface area contributed by atoms with Crippen LogP contribution in [0, 0.1) is 0 Å². The van der Waals surface area contributed by atoms with Crippen LogP contribution in [0.4, 0.5) is 0 Å². The average Bonchev–Trinajstić information content (AvgIpc) is 3.08. The van der Waals surface area contributed by atoms with Gasteiger partial charge in [-0.25, -0.2) is 4.68 Å². The molecule has 1 atom stereocenters. The molecule has 3 heterocycles. The molecule has 6 heteroatoms. The number of hydrogen-bond donors (Lipinski definition) is 0. The van der Waals surface area contributed by atoms with Crippen molar-refractivity contribution in [2.45, 2.75) is 51.1 Å². The topological polar surface area (TPSA) is 59.7 Å². The molecule has 0 N–H and O–H groups in total. The highest BCUT2D eigenvalue weighted by atomic mass is 15.5. The minimum Gasteiger partial charge on any atom is -0.300 e. The lowest BCUT2D eigenvalue weighted by molar-refractivity contribution is 0.136. The molecule has 0 amide bonds. The molecule has 0 saturated carbocycles. The number of rotatable bonds is 7. The van der Waals surface area contributed by atoms with Crippen LogP contribution in [0.5, 0.6) is 0 Å². The number of likely N-dealkylation sites (tertiary alicyclic amines) is 1. The van der Waals surface area contributed by atoms with Crippen LogP contribution in [-0.2, 0) is 13.0 Å². The van der Waals surface area contributed by atoms with Crippen molar-refractivity contribution in [3.8, 4) is 0 Å². The van der Waals surface area contributed by atoms with Gasteiger partial charge in [-0.2, -0.15) is 0 Å². The molecule has 0 aromatic carbocycles. The Kier molecular flexibility index (Phi) is 5.48. The number of hydrogen-bond acceptors (Lipinski definition) is 5. The van der Waals surface area contributed by atoms with E-state index in [9.17, 15) is 0 Å². The predicted octanol–water partition coefficient (Wildman–Crippen LogP) is 1.95. The summed E-state index contributed by atoms with van der Waals surface area (Å²) in [6, 6.07) is 6.89. The molecule has 3 rings (SSSR count). The molecule has 1 aliphatic heterocycles. The van der Waals surface area contributed by atoms with Gasteiger partial charge in [0.05, 0.1) is 0 Å². The molecule has 22 heavy (non-hydrogen) atoms. The Hall–Kier alpha value is -1.82. The number of aryl methyl sites for hydroxylation is 2. The van der Waals surface area contributed by atoms with Crippen molar-refractivity contribution in [3.63, 3.8) is 0 Å². The van der Waals surface area contributed by atoms with Crippen molar-refractivity contribution in [3.05, 3.63) is 36.4 Å². The second-order valence-corrected chi connectivity index (χ2v) is 5.97. The van der Waals surface area contributed by atoms with Crippen LogP contribution in [-0.4, -0.2) is 49.2 Å². The highest BCUT2D eigenvalue weighted by molar-refractivity contribution is 5.03. The Morgan fingerprint density at radius 1 is 1.18 bits per heavy atom. The third-order valence-electron chi connectivity index (χ3n) is 4.43. The van der Waals surface area contributed by atoms with Gasteiger partial charge in [0, 0.05) is 31.0 Å². The number of nitrogens with zero attached hydrogens (tertiary/aromatic N) is 6. The number of aromatic nitrogens is 5. The summed E-state index contributed by atoms with van der Waals surface area (Å²) in [7, 11) is 0. The van der Waals surface area contributed by atoms with E-state index in [1.807, 2.05) is 16.9 Å². The van der Waals surface area contributed by atoms with Gasteiger partial charge < -0.3 is 4.90 Å². The normalized spacial score (nSPS) is 19.4. The molecule has 0 bridgehead atoms. The van der Waals surface area contributed by atoms with Gasteiger partial charge in [-0.05, 0) is 61.2 Å². The first-order valence-electron chi connectivity index (χ1n) is 8.26. The van der Waals surface area contributed by atoms with Crippen LogP contribution in [0.1, 0.15) is 37.8 Å². The zero-order valence-corrected chi connectivity index (χ0v) is 13.0. The Morgan fingerprint density at radius 3 is 3.00 bits per heavy atom. The van der Waals surface area contributed by atoms with Crippen molar-refractivity contribution in [1.29, 1.82) is 0 Å². The largest absolute Gasteiger partial charge is 0.300 e. The number of piperidine rings is 1. The summed E-state index contributed by atoms with van der Waals surface area (Å²) in [6.45, 7) is 3.26. The fourth-order valence-electron chi connectivity index (χ4n) is 3.26. The van der Waals surface area contributed by atoms with Gasteiger partial charge in [0.2, 0.25) is 0 Å². The molecule has 0 aliphatic carbocycles. The van der Waals surface area contributed by atoms with Crippen LogP contribution in [0.15, 0.2) is 30.7 Å². The second kappa shape index (κ2) is 7.98. The minimum atomic E-state index is 0.699. The summed E-state index contributed by atoms with van der Waals surface area (Å²) >= 11 is 0. The van der Waals surface area contributed by atoms with Gasteiger partial charge in [-0.3, -0.25) is 4.98 Å². The SMILES string of the molecule is c1ccc(CC[C@@H]2CCCCN2CCCn2cnnn2)nc1. The Morgan fingerprint density at radius 2 is 2.18 bits per heavy atom. The van der Waals surface area contributed by atoms with E-state index in [1.165, 1.54) is 37.9 Å². The van der Waals surface area contributed by atoms with Crippen molar-refractivity contribution in [2.75, 3.05) is 13.1 Å². The van der Waals surface area contributed by atoms with Gasteiger partial charge in [0.15, 0.2) is 0 Å². The lowest BCUT2D eigenvalue weighted by Crippen LogP contribution is -2.40. The quantitative estimate of drug-likeness (QED) is 0.782. The second-order valence-electron chi connectivity index (χ2n) is 5.97. The van der Waals surface area contributed by atoms with E-state index in [2.05, 4.69) is 37.5 Å². The Labute approximate surface area is 131 Å². The van der Waals surface area contributed by atoms with Gasteiger partial charge in [-0.15, -0.1) is 5.10 Å². The summed E-state index contributed by atoms with van der Waals surface area (Å²) in [4.78, 5) is 7.09. The molecule has 0 radical (unpaired) electrons. The Bertz CT molecular complexity index is 527. The molecule has 1 fully saturated rings. The highest BCUT2D eigenvalue weighted by Gasteiger charge is 2.21. The fourth-order valence-corrected chi connectivity index (χ4v) is 3.26.